The van der Waals surface area contributed by atoms with Crippen LogP contribution in [-0.4, -0.2) is 42.8 Å². The van der Waals surface area contributed by atoms with Crippen molar-refractivity contribution in [2.75, 3.05) is 6.61 Å². The summed E-state index contributed by atoms with van der Waals surface area (Å²) in [5.74, 6) is 0.421. The molecule has 2 aromatic heterocycles. The topological polar surface area (TPSA) is 88.9 Å². The first-order chi connectivity index (χ1) is 17.0. The van der Waals surface area contributed by atoms with Crippen LogP contribution in [0.4, 0.5) is 4.39 Å². The van der Waals surface area contributed by atoms with Gasteiger partial charge in [-0.1, -0.05) is 24.3 Å². The number of hydrogen-bond acceptors (Lipinski definition) is 6. The number of aryl methyl sites for hydroxylation is 2. The van der Waals surface area contributed by atoms with Gasteiger partial charge in [0.2, 0.25) is 0 Å². The van der Waals surface area contributed by atoms with Crippen molar-refractivity contribution in [3.05, 3.63) is 86.7 Å². The Labute approximate surface area is 202 Å². The first-order valence-electron chi connectivity index (χ1n) is 11.9. The number of halogens is 1. The summed E-state index contributed by atoms with van der Waals surface area (Å²) in [6.45, 7) is 6.73. The van der Waals surface area contributed by atoms with Gasteiger partial charge in [-0.05, 0) is 72.0 Å². The van der Waals surface area contributed by atoms with Crippen LogP contribution in [0.3, 0.4) is 0 Å². The molecule has 1 fully saturated rings. The molecular weight excluding hydrogens is 447 g/mol. The van der Waals surface area contributed by atoms with Crippen LogP contribution in [0.25, 0.3) is 10.9 Å². The predicted molar refractivity (Wildman–Crippen MR) is 130 cm³/mol. The summed E-state index contributed by atoms with van der Waals surface area (Å²) in [5, 5.41) is 13.3. The first kappa shape index (κ1) is 23.3. The second kappa shape index (κ2) is 10.1. The van der Waals surface area contributed by atoms with Gasteiger partial charge in [-0.15, -0.1) is 5.10 Å². The molecule has 8 nitrogen and oxygen atoms in total. The molecule has 35 heavy (non-hydrogen) atoms. The van der Waals surface area contributed by atoms with E-state index >= 15 is 0 Å². The number of nitrogens with zero attached hydrogens (tertiary/aromatic N) is 5. The Bertz CT molecular complexity index is 1380. The number of pyridine rings is 1. The summed E-state index contributed by atoms with van der Waals surface area (Å²) < 4.78 is 21.0. The number of aromatic amines is 1. The van der Waals surface area contributed by atoms with E-state index in [2.05, 4.69) is 31.5 Å². The molecule has 1 aliphatic rings. The van der Waals surface area contributed by atoms with Crippen molar-refractivity contribution in [2.45, 2.75) is 59.0 Å². The molecule has 182 valence electrons. The molecule has 0 amide bonds. The molecule has 2 aromatic carbocycles. The number of fused-ring (bicyclic) bond motifs is 1. The second-order valence-electron chi connectivity index (χ2n) is 9.30. The van der Waals surface area contributed by atoms with Crippen LogP contribution in [0.5, 0.6) is 0 Å². The average molecular weight is 477 g/mol. The third-order valence-corrected chi connectivity index (χ3v) is 6.61. The zero-order valence-corrected chi connectivity index (χ0v) is 20.0. The highest BCUT2D eigenvalue weighted by molar-refractivity contribution is 5.85. The van der Waals surface area contributed by atoms with Crippen molar-refractivity contribution in [1.29, 1.82) is 0 Å². The van der Waals surface area contributed by atoms with Gasteiger partial charge >= 0.3 is 0 Å². The maximum atomic E-state index is 13.5. The van der Waals surface area contributed by atoms with E-state index in [0.717, 1.165) is 47.0 Å². The molecule has 1 aliphatic heterocycles. The van der Waals surface area contributed by atoms with E-state index in [0.29, 0.717) is 37.6 Å². The number of ether oxygens (including phenoxy) is 1. The highest BCUT2D eigenvalue weighted by Gasteiger charge is 2.21. The maximum Gasteiger partial charge on any atom is 0.252 e. The van der Waals surface area contributed by atoms with Crippen LogP contribution < -0.4 is 5.56 Å². The van der Waals surface area contributed by atoms with Gasteiger partial charge in [0.1, 0.15) is 5.82 Å². The normalized spacial score (nSPS) is 15.9. The number of H-pyrrole nitrogens is 1. The van der Waals surface area contributed by atoms with E-state index in [-0.39, 0.29) is 17.5 Å². The van der Waals surface area contributed by atoms with Gasteiger partial charge in [0, 0.05) is 30.6 Å². The van der Waals surface area contributed by atoms with Crippen molar-refractivity contribution >= 4 is 10.9 Å². The van der Waals surface area contributed by atoms with Gasteiger partial charge < -0.3 is 9.72 Å². The van der Waals surface area contributed by atoms with Crippen molar-refractivity contribution in [2.24, 2.45) is 0 Å². The lowest BCUT2D eigenvalue weighted by Crippen LogP contribution is -2.29. The molecule has 0 bridgehead atoms. The van der Waals surface area contributed by atoms with Crippen LogP contribution >= 0.6 is 0 Å². The number of tetrazole rings is 1. The van der Waals surface area contributed by atoms with E-state index in [9.17, 15) is 9.18 Å². The van der Waals surface area contributed by atoms with Crippen LogP contribution in [0.15, 0.2) is 47.3 Å². The second-order valence-corrected chi connectivity index (χ2v) is 9.30. The molecule has 3 heterocycles. The van der Waals surface area contributed by atoms with E-state index in [1.54, 1.807) is 16.8 Å². The number of hydrogen-bond donors (Lipinski definition) is 1. The highest BCUT2D eigenvalue weighted by atomic mass is 19.1. The van der Waals surface area contributed by atoms with Crippen molar-refractivity contribution in [1.82, 2.24) is 30.1 Å². The average Bonchev–Trinajstić information content (AvgIpc) is 3.51. The molecule has 0 radical (unpaired) electrons. The molecule has 0 spiro atoms. The van der Waals surface area contributed by atoms with Crippen LogP contribution in [-0.2, 0) is 30.9 Å². The lowest BCUT2D eigenvalue weighted by Gasteiger charge is -2.22. The minimum Gasteiger partial charge on any atom is -0.376 e. The predicted octanol–water partition coefficient (Wildman–Crippen LogP) is 3.65. The molecule has 9 heteroatoms. The largest absolute Gasteiger partial charge is 0.376 e. The minimum atomic E-state index is -0.280. The molecule has 0 aliphatic carbocycles. The Morgan fingerprint density at radius 1 is 1.11 bits per heavy atom. The van der Waals surface area contributed by atoms with E-state index in [1.807, 2.05) is 26.0 Å². The van der Waals surface area contributed by atoms with Crippen LogP contribution in [0, 0.1) is 19.7 Å². The Balaban J connectivity index is 1.45. The quantitative estimate of drug-likeness (QED) is 0.418. The Morgan fingerprint density at radius 3 is 2.69 bits per heavy atom. The molecule has 4 aromatic rings. The van der Waals surface area contributed by atoms with Crippen LogP contribution in [0.2, 0.25) is 0 Å². The molecule has 5 rings (SSSR count). The molecule has 0 unspecified atom stereocenters. The van der Waals surface area contributed by atoms with Gasteiger partial charge in [0.15, 0.2) is 5.82 Å². The van der Waals surface area contributed by atoms with Gasteiger partial charge in [-0.25, -0.2) is 9.07 Å². The zero-order valence-electron chi connectivity index (χ0n) is 20.0. The summed E-state index contributed by atoms with van der Waals surface area (Å²) in [4.78, 5) is 18.2. The van der Waals surface area contributed by atoms with Crippen molar-refractivity contribution < 1.29 is 9.13 Å². The fraction of sp³-hybridized carbons (Fsp3) is 0.385. The van der Waals surface area contributed by atoms with Gasteiger partial charge in [-0.3, -0.25) is 9.69 Å². The summed E-state index contributed by atoms with van der Waals surface area (Å²) >= 11 is 0. The maximum absolute atomic E-state index is 13.5. The molecule has 1 N–H and O–H groups in total. The first-order valence-corrected chi connectivity index (χ1v) is 11.9. The summed E-state index contributed by atoms with van der Waals surface area (Å²) in [7, 11) is 0. The fourth-order valence-corrected chi connectivity index (χ4v) is 4.65. The standard InChI is InChI=1S/C26H29FN6O2/c1-17-5-6-18(2)25-23(17)12-20(26(34)28-25)14-32(13-19-7-9-21(27)10-8-19)16-24-29-30-31-33(24)15-22-4-3-11-35-22/h5-10,12,22H,3-4,11,13-16H2,1-2H3,(H,28,34)/t22-/m0/s1. The minimum absolute atomic E-state index is 0.109. The number of rotatable bonds is 8. The molecule has 1 saturated heterocycles. The van der Waals surface area contributed by atoms with Gasteiger partial charge in [0.25, 0.3) is 5.56 Å². The SMILES string of the molecule is Cc1ccc(C)c2[nH]c(=O)c(CN(Cc3ccc(F)cc3)Cc3nnnn3C[C@@H]3CCCO3)cc12. The third-order valence-electron chi connectivity index (χ3n) is 6.61. The van der Waals surface area contributed by atoms with E-state index in [1.165, 1.54) is 12.1 Å². The van der Waals surface area contributed by atoms with E-state index < -0.39 is 0 Å². The smallest absolute Gasteiger partial charge is 0.252 e. The number of aromatic nitrogens is 5. The third kappa shape index (κ3) is 5.31. The highest BCUT2D eigenvalue weighted by Crippen LogP contribution is 2.21. The summed E-state index contributed by atoms with van der Waals surface area (Å²) in [6, 6.07) is 12.5. The Hall–Kier alpha value is -3.43. The number of nitrogens with one attached hydrogen (secondary N) is 1. The molecular formula is C26H29FN6O2. The Morgan fingerprint density at radius 2 is 1.91 bits per heavy atom. The number of benzene rings is 2. The van der Waals surface area contributed by atoms with Crippen molar-refractivity contribution in [3.8, 4) is 0 Å². The molecule has 0 saturated carbocycles. The monoisotopic (exact) mass is 476 g/mol. The fourth-order valence-electron chi connectivity index (χ4n) is 4.65. The van der Waals surface area contributed by atoms with E-state index in [4.69, 9.17) is 4.74 Å². The van der Waals surface area contributed by atoms with Gasteiger partial charge in [0.05, 0.1) is 24.7 Å². The summed E-state index contributed by atoms with van der Waals surface area (Å²) in [5.41, 5.74) is 4.48. The molecule has 1 atom stereocenters. The van der Waals surface area contributed by atoms with Gasteiger partial charge in [-0.2, -0.15) is 0 Å². The zero-order chi connectivity index (χ0) is 24.4. The lowest BCUT2D eigenvalue weighted by atomic mass is 10.0. The lowest BCUT2D eigenvalue weighted by molar-refractivity contribution is 0.0914. The van der Waals surface area contributed by atoms with Crippen LogP contribution in [0.1, 0.15) is 40.9 Å². The summed E-state index contributed by atoms with van der Waals surface area (Å²) in [6.07, 6.45) is 2.14. The van der Waals surface area contributed by atoms with Crippen molar-refractivity contribution in [3.63, 3.8) is 0 Å². The Kier molecular flexibility index (Phi) is 6.70.